The van der Waals surface area contributed by atoms with Crippen LogP contribution in [0.2, 0.25) is 0 Å². The largest absolute Gasteiger partial charge is 0.465 e. The van der Waals surface area contributed by atoms with Crippen LogP contribution in [0.5, 0.6) is 5.75 Å². The van der Waals surface area contributed by atoms with Gasteiger partial charge >= 0.3 is 16.2 Å². The third kappa shape index (κ3) is 6.38. The maximum absolute atomic E-state index is 11.9. The summed E-state index contributed by atoms with van der Waals surface area (Å²) < 4.78 is 28.8. The Bertz CT molecular complexity index is 797. The van der Waals surface area contributed by atoms with Gasteiger partial charge in [-0.3, -0.25) is 5.32 Å². The minimum absolute atomic E-state index is 0.0147. The number of hydrogen-bond donors (Lipinski definition) is 3. The number of nitrogens with two attached hydrogens (primary N) is 1. The molecule has 8 heteroatoms. The van der Waals surface area contributed by atoms with E-state index in [0.29, 0.717) is 24.3 Å². The van der Waals surface area contributed by atoms with Gasteiger partial charge < -0.3 is 15.0 Å². The first-order valence-electron chi connectivity index (χ1n) is 8.16. The summed E-state index contributed by atoms with van der Waals surface area (Å²) in [6.45, 7) is 0. The second kappa shape index (κ2) is 9.21. The fourth-order valence-electron chi connectivity index (χ4n) is 2.56. The normalized spacial score (nSPS) is 19.1. The Morgan fingerprint density at radius 3 is 2.12 bits per heavy atom. The molecule has 2 aromatic carbocycles. The lowest BCUT2D eigenvalue weighted by molar-refractivity contribution is 0.209. The maximum Gasteiger partial charge on any atom is 0.409 e. The maximum atomic E-state index is 11.9. The van der Waals surface area contributed by atoms with Crippen molar-refractivity contribution in [2.24, 2.45) is 5.73 Å². The van der Waals surface area contributed by atoms with E-state index in [2.05, 4.69) is 5.32 Å². The standard InChI is InChI=1S/C11H15NO3S.C7H7NO2/c12-9-6-7-11(8-9)16(13,14)15-10-4-2-1-3-5-10;9-7(10)8-6-4-2-1-3-5-6/h1-5,9,11H,6-8,12H2;1-5,8H,(H,9,10). The molecule has 0 radical (unpaired) electrons. The summed E-state index contributed by atoms with van der Waals surface area (Å²) >= 11 is 0. The van der Waals surface area contributed by atoms with Gasteiger partial charge in [0.2, 0.25) is 0 Å². The number of hydrogen-bond acceptors (Lipinski definition) is 5. The Morgan fingerprint density at radius 2 is 1.62 bits per heavy atom. The summed E-state index contributed by atoms with van der Waals surface area (Å²) in [5, 5.41) is 10.0. The van der Waals surface area contributed by atoms with E-state index in [1.54, 1.807) is 48.5 Å². The lowest BCUT2D eigenvalue weighted by Gasteiger charge is -2.12. The van der Waals surface area contributed by atoms with Crippen LogP contribution in [0.3, 0.4) is 0 Å². The zero-order valence-corrected chi connectivity index (χ0v) is 14.9. The molecule has 0 bridgehead atoms. The van der Waals surface area contributed by atoms with Gasteiger partial charge in [0.25, 0.3) is 0 Å². The van der Waals surface area contributed by atoms with E-state index >= 15 is 0 Å². The zero-order valence-electron chi connectivity index (χ0n) is 14.1. The molecule has 2 unspecified atom stereocenters. The van der Waals surface area contributed by atoms with E-state index in [4.69, 9.17) is 15.0 Å². The zero-order chi connectivity index (χ0) is 19.0. The Kier molecular flexibility index (Phi) is 6.99. The summed E-state index contributed by atoms with van der Waals surface area (Å²) in [5.74, 6) is 0.364. The number of amides is 1. The number of para-hydroxylation sites is 2. The number of carboxylic acid groups (broad SMARTS) is 1. The molecule has 4 N–H and O–H groups in total. The Hall–Kier alpha value is -2.58. The summed E-state index contributed by atoms with van der Waals surface area (Å²) in [6.07, 6.45) is 0.805. The van der Waals surface area contributed by atoms with Crippen molar-refractivity contribution >= 4 is 21.9 Å². The average Bonchev–Trinajstić information content (AvgIpc) is 3.04. The quantitative estimate of drug-likeness (QED) is 0.704. The van der Waals surface area contributed by atoms with Gasteiger partial charge in [-0.25, -0.2) is 4.79 Å². The van der Waals surface area contributed by atoms with Crippen LogP contribution >= 0.6 is 0 Å². The van der Waals surface area contributed by atoms with E-state index in [-0.39, 0.29) is 6.04 Å². The molecule has 1 fully saturated rings. The molecule has 7 nitrogen and oxygen atoms in total. The molecule has 0 heterocycles. The average molecular weight is 378 g/mol. The molecular weight excluding hydrogens is 356 g/mol. The fraction of sp³-hybridized carbons (Fsp3) is 0.278. The number of carbonyl (C=O) groups is 1. The van der Waals surface area contributed by atoms with Crippen molar-refractivity contribution in [3.8, 4) is 5.75 Å². The number of rotatable bonds is 4. The first kappa shape index (κ1) is 19.7. The number of nitrogens with one attached hydrogen (secondary N) is 1. The highest BCUT2D eigenvalue weighted by Crippen LogP contribution is 2.26. The van der Waals surface area contributed by atoms with Crippen LogP contribution in [0.25, 0.3) is 0 Å². The minimum Gasteiger partial charge on any atom is -0.465 e. The van der Waals surface area contributed by atoms with E-state index in [9.17, 15) is 13.2 Å². The van der Waals surface area contributed by atoms with Gasteiger partial charge in [0.15, 0.2) is 0 Å². The molecule has 1 amide bonds. The second-order valence-electron chi connectivity index (χ2n) is 5.88. The van der Waals surface area contributed by atoms with Crippen molar-refractivity contribution in [3.63, 3.8) is 0 Å². The smallest absolute Gasteiger partial charge is 0.409 e. The van der Waals surface area contributed by atoms with E-state index in [0.717, 1.165) is 6.42 Å². The van der Waals surface area contributed by atoms with Crippen molar-refractivity contribution in [3.05, 3.63) is 60.7 Å². The Morgan fingerprint density at radius 1 is 1.04 bits per heavy atom. The first-order chi connectivity index (χ1) is 12.4. The van der Waals surface area contributed by atoms with Crippen molar-refractivity contribution in [2.45, 2.75) is 30.6 Å². The predicted octanol–water partition coefficient (Wildman–Crippen LogP) is 3.05. The summed E-state index contributed by atoms with van der Waals surface area (Å²) in [4.78, 5) is 10.1. The van der Waals surface area contributed by atoms with Gasteiger partial charge in [-0.05, 0) is 43.5 Å². The van der Waals surface area contributed by atoms with Crippen LogP contribution in [-0.4, -0.2) is 30.9 Å². The van der Waals surface area contributed by atoms with E-state index < -0.39 is 21.5 Å². The molecule has 0 aliphatic heterocycles. The molecule has 2 atom stereocenters. The van der Waals surface area contributed by atoms with Gasteiger partial charge in [-0.1, -0.05) is 36.4 Å². The highest BCUT2D eigenvalue weighted by atomic mass is 32.2. The molecular formula is C18H22N2O5S. The predicted molar refractivity (Wildman–Crippen MR) is 99.7 cm³/mol. The van der Waals surface area contributed by atoms with Gasteiger partial charge in [-0.2, -0.15) is 8.42 Å². The molecule has 3 rings (SSSR count). The van der Waals surface area contributed by atoms with Gasteiger partial charge in [0.1, 0.15) is 5.75 Å². The van der Waals surface area contributed by atoms with Gasteiger partial charge in [-0.15, -0.1) is 0 Å². The highest BCUT2D eigenvalue weighted by molar-refractivity contribution is 7.87. The van der Waals surface area contributed by atoms with Crippen LogP contribution in [0.1, 0.15) is 19.3 Å². The molecule has 0 aromatic heterocycles. The van der Waals surface area contributed by atoms with Crippen LogP contribution in [0, 0.1) is 0 Å². The lowest BCUT2D eigenvalue weighted by atomic mass is 10.3. The number of anilines is 1. The number of benzene rings is 2. The fourth-order valence-corrected chi connectivity index (χ4v) is 3.98. The third-order valence-corrected chi connectivity index (χ3v) is 5.48. The molecule has 1 aliphatic carbocycles. The van der Waals surface area contributed by atoms with Crippen molar-refractivity contribution in [1.82, 2.24) is 0 Å². The van der Waals surface area contributed by atoms with Crippen LogP contribution in [0.15, 0.2) is 60.7 Å². The van der Waals surface area contributed by atoms with Crippen LogP contribution in [-0.2, 0) is 10.1 Å². The van der Waals surface area contributed by atoms with Crippen LogP contribution in [0.4, 0.5) is 10.5 Å². The molecule has 140 valence electrons. The molecule has 1 aliphatic rings. The minimum atomic E-state index is -3.53. The monoisotopic (exact) mass is 378 g/mol. The van der Waals surface area contributed by atoms with E-state index in [1.165, 1.54) is 0 Å². The topological polar surface area (TPSA) is 119 Å². The molecule has 1 saturated carbocycles. The Balaban J connectivity index is 0.000000209. The highest BCUT2D eigenvalue weighted by Gasteiger charge is 2.34. The lowest BCUT2D eigenvalue weighted by Crippen LogP contribution is -2.25. The van der Waals surface area contributed by atoms with Crippen LogP contribution < -0.4 is 15.2 Å². The molecule has 2 aromatic rings. The Labute approximate surface area is 152 Å². The van der Waals surface area contributed by atoms with Gasteiger partial charge in [0, 0.05) is 11.7 Å². The SMILES string of the molecule is NC1CCC(S(=O)(=O)Oc2ccccc2)C1.O=C(O)Nc1ccccc1. The molecule has 26 heavy (non-hydrogen) atoms. The van der Waals surface area contributed by atoms with E-state index in [1.807, 2.05) is 12.1 Å². The second-order valence-corrected chi connectivity index (χ2v) is 7.70. The van der Waals surface area contributed by atoms with Crippen molar-refractivity contribution in [2.75, 3.05) is 5.32 Å². The van der Waals surface area contributed by atoms with Gasteiger partial charge in [0.05, 0.1) is 5.25 Å². The van der Waals surface area contributed by atoms with Crippen molar-refractivity contribution < 1.29 is 22.5 Å². The first-order valence-corrected chi connectivity index (χ1v) is 9.63. The molecule has 0 saturated heterocycles. The summed E-state index contributed by atoms with van der Waals surface area (Å²) in [7, 11) is -3.53. The summed E-state index contributed by atoms with van der Waals surface area (Å²) in [5.41, 5.74) is 6.29. The summed E-state index contributed by atoms with van der Waals surface area (Å²) in [6, 6.07) is 17.3. The van der Waals surface area contributed by atoms with Crippen molar-refractivity contribution in [1.29, 1.82) is 0 Å². The third-order valence-electron chi connectivity index (χ3n) is 3.81. The molecule has 0 spiro atoms.